The molecule has 1 unspecified atom stereocenters. The largest absolute Gasteiger partial charge is 0.490 e. The smallest absolute Gasteiger partial charge is 0.254 e. The number of hydrogen-bond donors (Lipinski definition) is 3. The van der Waals surface area contributed by atoms with Gasteiger partial charge in [0.2, 0.25) is 5.91 Å². The number of rotatable bonds is 11. The molecule has 43 heavy (non-hydrogen) atoms. The van der Waals surface area contributed by atoms with Crippen molar-refractivity contribution in [2.24, 2.45) is 0 Å². The minimum Gasteiger partial charge on any atom is -0.490 e. The number of benzene rings is 3. The zero-order valence-corrected chi connectivity index (χ0v) is 24.9. The van der Waals surface area contributed by atoms with Crippen LogP contribution in [0.3, 0.4) is 0 Å². The Balaban J connectivity index is 1.44. The van der Waals surface area contributed by atoms with Gasteiger partial charge in [-0.25, -0.2) is 4.98 Å². The van der Waals surface area contributed by atoms with E-state index in [1.54, 1.807) is 6.20 Å². The molecule has 0 bridgehead atoms. The number of nitrogens with zero attached hydrogens (tertiary/aromatic N) is 2. The van der Waals surface area contributed by atoms with E-state index >= 15 is 0 Å². The number of nitrogens with one attached hydrogen (secondary N) is 2. The highest BCUT2D eigenvalue weighted by molar-refractivity contribution is 5.96. The molecule has 224 valence electrons. The molecule has 4 aromatic rings. The number of carbonyl (C=O) groups excluding carboxylic acids is 2. The second kappa shape index (κ2) is 13.5. The summed E-state index contributed by atoms with van der Waals surface area (Å²) in [5.74, 6) is 1.37. The van der Waals surface area contributed by atoms with E-state index < -0.39 is 6.04 Å². The minimum atomic E-state index is -0.773. The number of hydrogen-bond acceptors (Lipinski definition) is 7. The number of fused-ring (bicyclic) bond motifs is 1. The Hall–Kier alpha value is -4.79. The number of anilines is 2. The highest BCUT2D eigenvalue weighted by atomic mass is 16.5. The number of nitrogens with two attached hydrogens (primary N) is 1. The molecule has 1 fully saturated rings. The molecule has 9 heteroatoms. The highest BCUT2D eigenvalue weighted by Crippen LogP contribution is 2.33. The quantitative estimate of drug-likeness (QED) is 0.208. The van der Waals surface area contributed by atoms with Crippen LogP contribution in [0, 0.1) is 0 Å². The van der Waals surface area contributed by atoms with Gasteiger partial charge in [0, 0.05) is 42.5 Å². The van der Waals surface area contributed by atoms with Crippen molar-refractivity contribution in [3.63, 3.8) is 0 Å². The van der Waals surface area contributed by atoms with Crippen molar-refractivity contribution in [3.8, 4) is 11.5 Å². The minimum absolute atomic E-state index is 0.00375. The predicted octanol–water partition coefficient (Wildman–Crippen LogP) is 5.71. The van der Waals surface area contributed by atoms with Crippen LogP contribution in [0.5, 0.6) is 11.5 Å². The molecule has 9 nitrogen and oxygen atoms in total. The summed E-state index contributed by atoms with van der Waals surface area (Å²) in [6, 6.07) is 19.8. The summed E-state index contributed by atoms with van der Waals surface area (Å²) in [5, 5.41) is 8.22. The molecule has 2 amide bonds. The van der Waals surface area contributed by atoms with Crippen LogP contribution in [0.25, 0.3) is 10.8 Å². The molecule has 4 N–H and O–H groups in total. The van der Waals surface area contributed by atoms with Gasteiger partial charge in [0.15, 0.2) is 11.5 Å². The molecule has 0 saturated carbocycles. The molecule has 1 aliphatic rings. The van der Waals surface area contributed by atoms with Crippen LogP contribution >= 0.6 is 0 Å². The van der Waals surface area contributed by atoms with E-state index in [0.717, 1.165) is 48.0 Å². The van der Waals surface area contributed by atoms with Crippen molar-refractivity contribution in [1.82, 2.24) is 15.2 Å². The molecular formula is C34H39N5O4. The number of ether oxygens (including phenoxy) is 2. The van der Waals surface area contributed by atoms with Crippen LogP contribution in [0.2, 0.25) is 0 Å². The van der Waals surface area contributed by atoms with Gasteiger partial charge < -0.3 is 30.7 Å². The van der Waals surface area contributed by atoms with Crippen molar-refractivity contribution < 1.29 is 19.1 Å². The van der Waals surface area contributed by atoms with Crippen LogP contribution in [0.4, 0.5) is 11.5 Å². The number of likely N-dealkylation sites (tertiary alicyclic amines) is 1. The second-order valence-corrected chi connectivity index (χ2v) is 10.9. The number of nitrogen functional groups attached to an aromatic ring is 1. The van der Waals surface area contributed by atoms with Crippen molar-refractivity contribution in [2.45, 2.75) is 52.3 Å². The first kappa shape index (κ1) is 29.7. The van der Waals surface area contributed by atoms with Gasteiger partial charge in [-0.2, -0.15) is 0 Å². The Morgan fingerprint density at radius 1 is 1.00 bits per heavy atom. The average Bonchev–Trinajstić information content (AvgIpc) is 3.55. The first-order chi connectivity index (χ1) is 20.8. The Kier molecular flexibility index (Phi) is 9.29. The fraction of sp³-hybridized carbons (Fsp3) is 0.324. The molecule has 3 aromatic carbocycles. The average molecular weight is 582 g/mol. The van der Waals surface area contributed by atoms with E-state index in [-0.39, 0.29) is 24.5 Å². The monoisotopic (exact) mass is 581 g/mol. The molecule has 1 aliphatic heterocycles. The fourth-order valence-electron chi connectivity index (χ4n) is 5.34. The molecule has 0 aliphatic carbocycles. The summed E-state index contributed by atoms with van der Waals surface area (Å²) in [6.07, 6.45) is 3.65. The van der Waals surface area contributed by atoms with Gasteiger partial charge in [-0.15, -0.1) is 0 Å². The van der Waals surface area contributed by atoms with E-state index in [1.807, 2.05) is 92.4 Å². The molecule has 0 radical (unpaired) electrons. The summed E-state index contributed by atoms with van der Waals surface area (Å²) < 4.78 is 11.9. The lowest BCUT2D eigenvalue weighted by Crippen LogP contribution is -2.34. The fourth-order valence-corrected chi connectivity index (χ4v) is 5.34. The van der Waals surface area contributed by atoms with E-state index in [1.165, 1.54) is 0 Å². The van der Waals surface area contributed by atoms with Crippen molar-refractivity contribution in [2.75, 3.05) is 30.7 Å². The maximum atomic E-state index is 13.9. The summed E-state index contributed by atoms with van der Waals surface area (Å²) >= 11 is 0. The number of pyridine rings is 1. The van der Waals surface area contributed by atoms with Crippen LogP contribution in [-0.2, 0) is 11.3 Å². The van der Waals surface area contributed by atoms with Crippen molar-refractivity contribution in [3.05, 3.63) is 89.6 Å². The molecule has 1 aromatic heterocycles. The van der Waals surface area contributed by atoms with E-state index in [0.29, 0.717) is 35.1 Å². The highest BCUT2D eigenvalue weighted by Gasteiger charge is 2.25. The second-order valence-electron chi connectivity index (χ2n) is 10.9. The van der Waals surface area contributed by atoms with Gasteiger partial charge in [0.1, 0.15) is 11.9 Å². The van der Waals surface area contributed by atoms with Crippen LogP contribution in [0.15, 0.2) is 72.9 Å². The molecule has 1 saturated heterocycles. The van der Waals surface area contributed by atoms with Gasteiger partial charge in [0.25, 0.3) is 5.91 Å². The van der Waals surface area contributed by atoms with Crippen LogP contribution in [-0.4, -0.2) is 47.5 Å². The van der Waals surface area contributed by atoms with Gasteiger partial charge in [-0.1, -0.05) is 24.3 Å². The lowest BCUT2D eigenvalue weighted by Gasteiger charge is -2.23. The third-order valence-electron chi connectivity index (χ3n) is 7.43. The Morgan fingerprint density at radius 3 is 2.56 bits per heavy atom. The Morgan fingerprint density at radius 2 is 1.79 bits per heavy atom. The molecular weight excluding hydrogens is 542 g/mol. The molecule has 5 rings (SSSR count). The predicted molar refractivity (Wildman–Crippen MR) is 169 cm³/mol. The zero-order valence-electron chi connectivity index (χ0n) is 24.9. The van der Waals surface area contributed by atoms with Crippen LogP contribution in [0.1, 0.15) is 61.1 Å². The van der Waals surface area contributed by atoms with E-state index in [4.69, 9.17) is 15.2 Å². The van der Waals surface area contributed by atoms with E-state index in [2.05, 4.69) is 15.6 Å². The topological polar surface area (TPSA) is 119 Å². The molecule has 2 heterocycles. The van der Waals surface area contributed by atoms with Crippen LogP contribution < -0.4 is 25.8 Å². The first-order valence-electron chi connectivity index (χ1n) is 14.8. The maximum Gasteiger partial charge on any atom is 0.254 e. The van der Waals surface area contributed by atoms with Crippen molar-refractivity contribution in [1.29, 1.82) is 0 Å². The Labute approximate surface area is 252 Å². The standard InChI is InChI=1S/C34H39N5O4/c1-4-42-30-20-24(11-14-29(30)43-22(2)3)31(38-26-12-13-27-23(19-26)15-16-36-32(27)35)33(40)37-21-25-9-5-6-10-28(25)34(41)39-17-7-8-18-39/h5-6,9-16,19-20,22,31,38H,4,7-8,17-18,21H2,1-3H3,(H2,35,36)(H,37,40). The molecule has 0 spiro atoms. The lowest BCUT2D eigenvalue weighted by atomic mass is 10.0. The summed E-state index contributed by atoms with van der Waals surface area (Å²) in [5.41, 5.74) is 8.89. The van der Waals surface area contributed by atoms with Gasteiger partial charge in [-0.3, -0.25) is 9.59 Å². The third kappa shape index (κ3) is 6.99. The van der Waals surface area contributed by atoms with Crippen molar-refractivity contribution >= 4 is 34.1 Å². The normalized spacial score (nSPS) is 13.6. The zero-order chi connectivity index (χ0) is 30.3. The lowest BCUT2D eigenvalue weighted by molar-refractivity contribution is -0.122. The SMILES string of the molecule is CCOc1cc(C(Nc2ccc3c(N)nccc3c2)C(=O)NCc2ccccc2C(=O)N2CCCC2)ccc1OC(C)C. The number of carbonyl (C=O) groups is 2. The molecule has 1 atom stereocenters. The van der Waals surface area contributed by atoms with Gasteiger partial charge in [-0.05, 0) is 92.6 Å². The number of amides is 2. The van der Waals surface area contributed by atoms with E-state index in [9.17, 15) is 9.59 Å². The Bertz CT molecular complexity index is 1600. The summed E-state index contributed by atoms with van der Waals surface area (Å²) in [6.45, 7) is 8.00. The number of aromatic nitrogens is 1. The third-order valence-corrected chi connectivity index (χ3v) is 7.43. The summed E-state index contributed by atoms with van der Waals surface area (Å²) in [4.78, 5) is 33.2. The van der Waals surface area contributed by atoms with Gasteiger partial charge >= 0.3 is 0 Å². The van der Waals surface area contributed by atoms with Gasteiger partial charge in [0.05, 0.1) is 12.7 Å². The first-order valence-corrected chi connectivity index (χ1v) is 14.8. The maximum absolute atomic E-state index is 13.9. The summed E-state index contributed by atoms with van der Waals surface area (Å²) in [7, 11) is 0.